The molecule has 1 heterocycles. The second-order valence-electron chi connectivity index (χ2n) is 21.8. The van der Waals surface area contributed by atoms with Gasteiger partial charge in [-0.3, -0.25) is 19.2 Å². The third kappa shape index (κ3) is 9.97. The van der Waals surface area contributed by atoms with Crippen LogP contribution in [0.15, 0.2) is 42.0 Å². The van der Waals surface area contributed by atoms with Crippen LogP contribution >= 0.6 is 0 Å². The summed E-state index contributed by atoms with van der Waals surface area (Å²) in [6.45, 7) is 17.7. The molecule has 0 amide bonds. The molecule has 1 aromatic carbocycles. The summed E-state index contributed by atoms with van der Waals surface area (Å²) in [7, 11) is 1.62. The Morgan fingerprint density at radius 2 is 1.40 bits per heavy atom. The topological polar surface area (TPSA) is 168 Å². The van der Waals surface area contributed by atoms with Crippen LogP contribution in [0.3, 0.4) is 0 Å². The Kier molecular flexibility index (Phi) is 15.7. The molecule has 1 aliphatic heterocycles. The van der Waals surface area contributed by atoms with Gasteiger partial charge in [0, 0.05) is 19.4 Å². The van der Waals surface area contributed by atoms with E-state index in [1.807, 2.05) is 50.3 Å². The van der Waals surface area contributed by atoms with E-state index in [-0.39, 0.29) is 67.1 Å². The highest BCUT2D eigenvalue weighted by Crippen LogP contribution is 2.75. The summed E-state index contributed by atoms with van der Waals surface area (Å²) < 4.78 is 50.4. The summed E-state index contributed by atoms with van der Waals surface area (Å²) in [6.07, 6.45) is 5.99. The molecule has 1 saturated heterocycles. The molecule has 67 heavy (non-hydrogen) atoms. The van der Waals surface area contributed by atoms with Crippen LogP contribution in [0.25, 0.3) is 0 Å². The van der Waals surface area contributed by atoms with Gasteiger partial charge in [-0.25, -0.2) is 4.79 Å². The maximum Gasteiger partial charge on any atom is 0.509 e. The van der Waals surface area contributed by atoms with Crippen molar-refractivity contribution in [3.63, 3.8) is 0 Å². The predicted molar refractivity (Wildman–Crippen MR) is 245 cm³/mol. The van der Waals surface area contributed by atoms with Gasteiger partial charge in [0.1, 0.15) is 30.3 Å². The number of carbonyl (C=O) groups is 5. The number of carbonyl (C=O) groups excluding carboxylic acids is 5. The molecule has 1 aromatic rings. The van der Waals surface area contributed by atoms with E-state index in [9.17, 15) is 19.2 Å². The Morgan fingerprint density at radius 3 is 2.07 bits per heavy atom. The molecule has 14 nitrogen and oxygen atoms in total. The second kappa shape index (κ2) is 20.6. The van der Waals surface area contributed by atoms with E-state index in [1.165, 1.54) is 5.57 Å². The largest absolute Gasteiger partial charge is 0.509 e. The number of hydrogen-bond donors (Lipinski definition) is 0. The first-order chi connectivity index (χ1) is 31.8. The molecule has 0 N–H and O–H groups in total. The number of hydrogen-bond acceptors (Lipinski definition) is 14. The molecular formula is C53H76O14. The number of cyclic esters (lactones) is 2. The van der Waals surface area contributed by atoms with Crippen LogP contribution in [-0.2, 0) is 68.4 Å². The molecule has 6 aliphatic rings. The minimum absolute atomic E-state index is 0.0103. The molecule has 0 spiro atoms. The van der Waals surface area contributed by atoms with E-state index in [0.29, 0.717) is 71.7 Å². The van der Waals surface area contributed by atoms with Crippen LogP contribution < -0.4 is 0 Å². The predicted octanol–water partition coefficient (Wildman–Crippen LogP) is 8.55. The van der Waals surface area contributed by atoms with Crippen LogP contribution in [-0.4, -0.2) is 108 Å². The van der Waals surface area contributed by atoms with E-state index in [4.69, 9.17) is 42.6 Å². The smallest absolute Gasteiger partial charge is 0.465 e. The van der Waals surface area contributed by atoms with Gasteiger partial charge in [0.25, 0.3) is 0 Å². The first-order valence-corrected chi connectivity index (χ1v) is 24.8. The fourth-order valence-electron chi connectivity index (χ4n) is 13.6. The van der Waals surface area contributed by atoms with Gasteiger partial charge in [-0.2, -0.15) is 0 Å². The first kappa shape index (κ1) is 51.0. The van der Waals surface area contributed by atoms with E-state index in [1.54, 1.807) is 14.0 Å². The quantitative estimate of drug-likeness (QED) is 0.0693. The Labute approximate surface area is 397 Å². The molecular weight excluding hydrogens is 861 g/mol. The molecule has 5 aliphatic carbocycles. The van der Waals surface area contributed by atoms with Crippen LogP contribution in [0.4, 0.5) is 4.79 Å². The third-order valence-electron chi connectivity index (χ3n) is 17.9. The lowest BCUT2D eigenvalue weighted by molar-refractivity contribution is -0.224. The van der Waals surface area contributed by atoms with Gasteiger partial charge in [-0.1, -0.05) is 63.6 Å². The van der Waals surface area contributed by atoms with Crippen molar-refractivity contribution < 1.29 is 66.6 Å². The second-order valence-corrected chi connectivity index (χ2v) is 21.8. The molecule has 12 atom stereocenters. The number of methoxy groups -OCH3 is 1. The minimum Gasteiger partial charge on any atom is -0.465 e. The van der Waals surface area contributed by atoms with Gasteiger partial charge in [-0.15, -0.1) is 0 Å². The van der Waals surface area contributed by atoms with Gasteiger partial charge in [-0.05, 0) is 124 Å². The fraction of sp³-hybridized carbons (Fsp3) is 0.755. The molecule has 0 aromatic heterocycles. The van der Waals surface area contributed by atoms with Crippen molar-refractivity contribution in [3.8, 4) is 0 Å². The summed E-state index contributed by atoms with van der Waals surface area (Å²) in [5.41, 5.74) is -1.34. The van der Waals surface area contributed by atoms with Gasteiger partial charge < -0.3 is 42.6 Å². The average Bonchev–Trinajstić information content (AvgIpc) is 3.62. The Hall–Kier alpha value is -3.85. The highest BCUT2D eigenvalue weighted by molar-refractivity contribution is 5.96. The number of ketones is 1. The summed E-state index contributed by atoms with van der Waals surface area (Å²) >= 11 is 0. The van der Waals surface area contributed by atoms with E-state index >= 15 is 4.79 Å². The number of esters is 3. The number of ether oxygens (including phenoxy) is 9. The zero-order chi connectivity index (χ0) is 48.3. The van der Waals surface area contributed by atoms with Gasteiger partial charge in [0.2, 0.25) is 0 Å². The van der Waals surface area contributed by atoms with Crippen molar-refractivity contribution in [1.82, 2.24) is 0 Å². The Balaban J connectivity index is 1.08. The summed E-state index contributed by atoms with van der Waals surface area (Å²) in [5, 5.41) is 0. The van der Waals surface area contributed by atoms with Crippen molar-refractivity contribution in [2.45, 2.75) is 144 Å². The monoisotopic (exact) mass is 937 g/mol. The number of rotatable bonds is 20. The molecule has 7 rings (SSSR count). The highest BCUT2D eigenvalue weighted by Gasteiger charge is 2.72. The maximum absolute atomic E-state index is 15.3. The van der Waals surface area contributed by atoms with Crippen LogP contribution in [0.1, 0.15) is 125 Å². The molecule has 1 unspecified atom stereocenters. The Morgan fingerprint density at radius 1 is 0.731 bits per heavy atom. The lowest BCUT2D eigenvalue weighted by atomic mass is 9.33. The van der Waals surface area contributed by atoms with Crippen molar-refractivity contribution >= 4 is 29.8 Å². The van der Waals surface area contributed by atoms with Gasteiger partial charge in [0.05, 0.1) is 64.7 Å². The van der Waals surface area contributed by atoms with Crippen molar-refractivity contribution in [2.75, 3.05) is 60.0 Å². The summed E-state index contributed by atoms with van der Waals surface area (Å²) in [5.74, 6) is -1.82. The maximum atomic E-state index is 15.3. The highest BCUT2D eigenvalue weighted by atomic mass is 16.8. The van der Waals surface area contributed by atoms with E-state index in [2.05, 4.69) is 27.7 Å². The fourth-order valence-corrected chi connectivity index (χ4v) is 13.6. The lowest BCUT2D eigenvalue weighted by Crippen LogP contribution is -2.68. The van der Waals surface area contributed by atoms with Crippen molar-refractivity contribution in [1.29, 1.82) is 0 Å². The standard InChI is InChI=1S/C53H76O14/c1-35-40(66-47(58)65-35)16-25-63-46(57)53(7)41-14-19-52(6)44(50(41,4)18-15-42(53)67-43(55)17-24-60-28-29-62-31-30-61-27-26-59-8)39(54)32-37-38-33-49(3,21-20-48(38,2)22-23-51(37,52)5)45(56)64-34-36-12-10-9-11-13-36/h9-13,32,35,38,40-42,44H,14-31,33-34H2,1-8H3/t35?,38-,40-,41+,42-,44+,48+,49-,50-,51+,52+,53-/m0/s1. The number of allylic oxidation sites excluding steroid dienone is 2. The van der Waals surface area contributed by atoms with Crippen LogP contribution in [0.5, 0.6) is 0 Å². The van der Waals surface area contributed by atoms with E-state index in [0.717, 1.165) is 31.2 Å². The summed E-state index contributed by atoms with van der Waals surface area (Å²) in [4.78, 5) is 69.4. The van der Waals surface area contributed by atoms with Gasteiger partial charge in [0.15, 0.2) is 5.78 Å². The molecule has 4 saturated carbocycles. The zero-order valence-corrected chi connectivity index (χ0v) is 41.3. The molecule has 0 bridgehead atoms. The third-order valence-corrected chi connectivity index (χ3v) is 17.9. The molecule has 14 heteroatoms. The van der Waals surface area contributed by atoms with Crippen molar-refractivity contribution in [2.24, 2.45) is 50.2 Å². The first-order valence-electron chi connectivity index (χ1n) is 24.8. The van der Waals surface area contributed by atoms with Crippen molar-refractivity contribution in [3.05, 3.63) is 47.5 Å². The lowest BCUT2D eigenvalue weighted by Gasteiger charge is -2.70. The molecule has 0 radical (unpaired) electrons. The average molecular weight is 937 g/mol. The van der Waals surface area contributed by atoms with E-state index < -0.39 is 64.0 Å². The normalized spacial score (nSPS) is 37.6. The molecule has 5 fully saturated rings. The van der Waals surface area contributed by atoms with Crippen LogP contribution in [0, 0.1) is 50.2 Å². The number of fused-ring (bicyclic) bond motifs is 7. The number of benzene rings is 1. The summed E-state index contributed by atoms with van der Waals surface area (Å²) in [6, 6.07) is 9.76. The van der Waals surface area contributed by atoms with Gasteiger partial charge >= 0.3 is 24.1 Å². The minimum atomic E-state index is -1.29. The zero-order valence-electron chi connectivity index (χ0n) is 41.3. The SMILES string of the molecule is COCCOCCOCCOCCC(=O)O[C@H]1CC[C@@]2(C)[C@@H](CC[C@]3(C)[C@@H]2C(=O)C=C2[C@@H]4C[C@@](C)(C(=O)OCc5ccccc5)CC[C@]4(C)CC[C@]23C)[C@]1(C)C(=O)OCC[C@@H]1OC(=O)OC1C. The Bertz CT molecular complexity index is 1990. The molecule has 372 valence electrons. The van der Waals surface area contributed by atoms with Crippen LogP contribution in [0.2, 0.25) is 0 Å².